The highest BCUT2D eigenvalue weighted by atomic mass is 32.2. The van der Waals surface area contributed by atoms with Crippen molar-refractivity contribution in [2.45, 2.75) is 41.3 Å². The van der Waals surface area contributed by atoms with Gasteiger partial charge < -0.3 is 9.84 Å². The number of likely N-dealkylation sites (tertiary alicyclic amines) is 1. The fourth-order valence-corrected chi connectivity index (χ4v) is 5.00. The standard InChI is InChI=1S/C20H23NO4S/c22-16-10-11-21(13-16)14-17-8-6-15-7-9-19(12-20(15)25-17)26(23,24)18-4-2-1-3-5-18/h1-5,7,9,12,16-17,22H,6,8,10-11,13-14H2/t16?,17-/m1/s1. The number of rotatable bonds is 4. The molecule has 2 aromatic carbocycles. The van der Waals surface area contributed by atoms with Crippen LogP contribution in [0.2, 0.25) is 0 Å². The summed E-state index contributed by atoms with van der Waals surface area (Å²) in [5.74, 6) is 0.665. The number of aryl methyl sites for hydroxylation is 1. The van der Waals surface area contributed by atoms with Gasteiger partial charge in [0.05, 0.1) is 15.9 Å². The van der Waals surface area contributed by atoms with Gasteiger partial charge in [0.1, 0.15) is 11.9 Å². The first kappa shape index (κ1) is 17.5. The smallest absolute Gasteiger partial charge is 0.206 e. The molecule has 4 rings (SSSR count). The Morgan fingerprint density at radius 1 is 1.08 bits per heavy atom. The normalized spacial score (nSPS) is 23.4. The summed E-state index contributed by atoms with van der Waals surface area (Å²) in [7, 11) is -3.54. The van der Waals surface area contributed by atoms with Crippen LogP contribution in [0.1, 0.15) is 18.4 Å². The van der Waals surface area contributed by atoms with E-state index < -0.39 is 9.84 Å². The van der Waals surface area contributed by atoms with Crippen LogP contribution in [0.4, 0.5) is 0 Å². The van der Waals surface area contributed by atoms with Gasteiger partial charge in [-0.05, 0) is 49.1 Å². The summed E-state index contributed by atoms with van der Waals surface area (Å²) in [6, 6.07) is 13.7. The van der Waals surface area contributed by atoms with Gasteiger partial charge in [0, 0.05) is 19.6 Å². The van der Waals surface area contributed by atoms with Crippen molar-refractivity contribution in [3.05, 3.63) is 54.1 Å². The molecule has 2 heterocycles. The SMILES string of the molecule is O=S(=O)(c1ccccc1)c1ccc2c(c1)O[C@@H](CN1CCC(O)C1)CC2. The maximum absolute atomic E-state index is 12.8. The van der Waals surface area contributed by atoms with Crippen molar-refractivity contribution in [1.82, 2.24) is 4.90 Å². The Kier molecular flexibility index (Phi) is 4.73. The summed E-state index contributed by atoms with van der Waals surface area (Å²) in [5, 5.41) is 9.67. The number of hydrogen-bond acceptors (Lipinski definition) is 5. The van der Waals surface area contributed by atoms with Gasteiger partial charge >= 0.3 is 0 Å². The van der Waals surface area contributed by atoms with Crippen LogP contribution in [0.15, 0.2) is 58.3 Å². The molecule has 6 heteroatoms. The molecule has 2 aliphatic heterocycles. The molecule has 2 atom stereocenters. The van der Waals surface area contributed by atoms with Gasteiger partial charge in [0.25, 0.3) is 0 Å². The summed E-state index contributed by atoms with van der Waals surface area (Å²) in [5.41, 5.74) is 1.05. The molecule has 0 bridgehead atoms. The Morgan fingerprint density at radius 3 is 2.62 bits per heavy atom. The molecule has 0 amide bonds. The van der Waals surface area contributed by atoms with E-state index in [2.05, 4.69) is 4.90 Å². The largest absolute Gasteiger partial charge is 0.489 e. The van der Waals surface area contributed by atoms with Crippen LogP contribution >= 0.6 is 0 Å². The molecule has 1 unspecified atom stereocenters. The van der Waals surface area contributed by atoms with Gasteiger partial charge in [0.15, 0.2) is 0 Å². The number of ether oxygens (including phenoxy) is 1. The zero-order valence-corrected chi connectivity index (χ0v) is 15.4. The van der Waals surface area contributed by atoms with Crippen molar-refractivity contribution in [3.63, 3.8) is 0 Å². The Morgan fingerprint density at radius 2 is 1.88 bits per heavy atom. The van der Waals surface area contributed by atoms with Gasteiger partial charge in [-0.2, -0.15) is 0 Å². The molecule has 0 radical (unpaired) electrons. The summed E-state index contributed by atoms with van der Waals surface area (Å²) in [6.45, 7) is 2.34. The molecule has 0 aromatic heterocycles. The minimum atomic E-state index is -3.54. The lowest BCUT2D eigenvalue weighted by atomic mass is 10.0. The van der Waals surface area contributed by atoms with E-state index in [9.17, 15) is 13.5 Å². The molecule has 26 heavy (non-hydrogen) atoms. The molecular formula is C20H23NO4S. The second kappa shape index (κ2) is 7.02. The van der Waals surface area contributed by atoms with Gasteiger partial charge in [-0.3, -0.25) is 4.90 Å². The lowest BCUT2D eigenvalue weighted by Gasteiger charge is -2.29. The van der Waals surface area contributed by atoms with E-state index >= 15 is 0 Å². The number of aliphatic hydroxyl groups is 1. The number of aliphatic hydroxyl groups excluding tert-OH is 1. The van der Waals surface area contributed by atoms with Crippen LogP contribution in [0, 0.1) is 0 Å². The fourth-order valence-electron chi connectivity index (χ4n) is 3.70. The second-order valence-corrected chi connectivity index (χ2v) is 9.02. The Bertz CT molecular complexity index is 882. The summed E-state index contributed by atoms with van der Waals surface area (Å²) in [4.78, 5) is 2.77. The van der Waals surface area contributed by atoms with E-state index in [0.29, 0.717) is 17.2 Å². The zero-order chi connectivity index (χ0) is 18.1. The second-order valence-electron chi connectivity index (χ2n) is 7.07. The molecule has 5 nitrogen and oxygen atoms in total. The molecule has 1 N–H and O–H groups in total. The lowest BCUT2D eigenvalue weighted by Crippen LogP contribution is -2.36. The van der Waals surface area contributed by atoms with Crippen LogP contribution in [0.5, 0.6) is 5.75 Å². The highest BCUT2D eigenvalue weighted by molar-refractivity contribution is 7.91. The van der Waals surface area contributed by atoms with Crippen molar-refractivity contribution < 1.29 is 18.3 Å². The highest BCUT2D eigenvalue weighted by Gasteiger charge is 2.28. The monoisotopic (exact) mass is 373 g/mol. The predicted molar refractivity (Wildman–Crippen MR) is 98.1 cm³/mol. The van der Waals surface area contributed by atoms with Crippen LogP contribution in [0.3, 0.4) is 0 Å². The van der Waals surface area contributed by atoms with Crippen molar-refractivity contribution in [2.24, 2.45) is 0 Å². The molecular weight excluding hydrogens is 350 g/mol. The maximum Gasteiger partial charge on any atom is 0.206 e. The number of nitrogens with zero attached hydrogens (tertiary/aromatic N) is 1. The zero-order valence-electron chi connectivity index (χ0n) is 14.5. The van der Waals surface area contributed by atoms with E-state index in [1.54, 1.807) is 42.5 Å². The van der Waals surface area contributed by atoms with E-state index in [1.807, 2.05) is 6.07 Å². The van der Waals surface area contributed by atoms with Crippen LogP contribution in [0.25, 0.3) is 0 Å². The molecule has 2 aliphatic rings. The highest BCUT2D eigenvalue weighted by Crippen LogP contribution is 2.32. The molecule has 0 aliphatic carbocycles. The summed E-state index contributed by atoms with van der Waals surface area (Å²) in [6.07, 6.45) is 2.38. The summed E-state index contributed by atoms with van der Waals surface area (Å²) < 4.78 is 31.8. The lowest BCUT2D eigenvalue weighted by molar-refractivity contribution is 0.114. The average Bonchev–Trinajstić information content (AvgIpc) is 3.06. The summed E-state index contributed by atoms with van der Waals surface area (Å²) >= 11 is 0. The molecule has 1 fully saturated rings. The third-order valence-electron chi connectivity index (χ3n) is 5.14. The van der Waals surface area contributed by atoms with E-state index in [4.69, 9.17) is 4.74 Å². The number of fused-ring (bicyclic) bond motifs is 1. The molecule has 0 spiro atoms. The quantitative estimate of drug-likeness (QED) is 0.891. The third-order valence-corrected chi connectivity index (χ3v) is 6.91. The van der Waals surface area contributed by atoms with Crippen LogP contribution < -0.4 is 4.74 Å². The first-order valence-electron chi connectivity index (χ1n) is 9.02. The number of benzene rings is 2. The van der Waals surface area contributed by atoms with Crippen molar-refractivity contribution >= 4 is 9.84 Å². The fraction of sp³-hybridized carbons (Fsp3) is 0.400. The first-order chi connectivity index (χ1) is 12.5. The predicted octanol–water partition coefficient (Wildman–Crippen LogP) is 2.28. The minimum absolute atomic E-state index is 0.0301. The molecule has 138 valence electrons. The Labute approximate surface area is 154 Å². The van der Waals surface area contributed by atoms with Gasteiger partial charge in [-0.1, -0.05) is 24.3 Å². The van der Waals surface area contributed by atoms with Crippen molar-refractivity contribution in [3.8, 4) is 5.75 Å². The molecule has 1 saturated heterocycles. The van der Waals surface area contributed by atoms with Crippen LogP contribution in [-0.2, 0) is 16.3 Å². The minimum Gasteiger partial charge on any atom is -0.489 e. The average molecular weight is 373 g/mol. The Hall–Kier alpha value is -1.89. The van der Waals surface area contributed by atoms with Crippen molar-refractivity contribution in [1.29, 1.82) is 0 Å². The Balaban J connectivity index is 1.54. The van der Waals surface area contributed by atoms with E-state index in [0.717, 1.165) is 37.9 Å². The molecule has 0 saturated carbocycles. The molecule has 2 aromatic rings. The first-order valence-corrected chi connectivity index (χ1v) is 10.5. The number of hydrogen-bond donors (Lipinski definition) is 1. The van der Waals surface area contributed by atoms with Gasteiger partial charge in [-0.25, -0.2) is 8.42 Å². The topological polar surface area (TPSA) is 66.8 Å². The van der Waals surface area contributed by atoms with Gasteiger partial charge in [0.2, 0.25) is 9.84 Å². The van der Waals surface area contributed by atoms with E-state index in [1.165, 1.54) is 0 Å². The number of sulfone groups is 1. The van der Waals surface area contributed by atoms with Gasteiger partial charge in [-0.15, -0.1) is 0 Å². The maximum atomic E-state index is 12.8. The van der Waals surface area contributed by atoms with E-state index in [-0.39, 0.29) is 17.1 Å². The number of β-amino-alcohol motifs (C(OH)–C–C–N with tert-alkyl or cyclic N) is 1. The van der Waals surface area contributed by atoms with Crippen molar-refractivity contribution in [2.75, 3.05) is 19.6 Å². The third kappa shape index (κ3) is 3.49. The van der Waals surface area contributed by atoms with Crippen LogP contribution in [-0.4, -0.2) is 50.3 Å².